The van der Waals surface area contributed by atoms with Gasteiger partial charge in [-0.05, 0) is 36.4 Å². The van der Waals surface area contributed by atoms with E-state index >= 15 is 0 Å². The number of carbonyl (C=O) groups excluding carboxylic acids is 1. The Labute approximate surface area is 154 Å². The Hall–Kier alpha value is -3.93. The van der Waals surface area contributed by atoms with Crippen LogP contribution in [0.5, 0.6) is 0 Å². The Kier molecular flexibility index (Phi) is 4.14. The topological polar surface area (TPSA) is 75.4 Å². The molecule has 3 aromatic carbocycles. The van der Waals surface area contributed by atoms with Crippen molar-refractivity contribution in [3.8, 4) is 0 Å². The van der Waals surface area contributed by atoms with Gasteiger partial charge < -0.3 is 5.11 Å². The summed E-state index contributed by atoms with van der Waals surface area (Å²) < 4.78 is 1.22. The quantitative estimate of drug-likeness (QED) is 0.584. The van der Waals surface area contributed by atoms with Gasteiger partial charge in [-0.2, -0.15) is 9.78 Å². The summed E-state index contributed by atoms with van der Waals surface area (Å²) in [4.78, 5) is 26.2. The lowest BCUT2D eigenvalue weighted by Crippen LogP contribution is -2.31. The first kappa shape index (κ1) is 16.5. The van der Waals surface area contributed by atoms with Crippen LogP contribution in [-0.4, -0.2) is 26.9 Å². The molecule has 0 radical (unpaired) electrons. The normalized spacial score (nSPS) is 10.7. The predicted molar refractivity (Wildman–Crippen MR) is 103 cm³/mol. The standard InChI is InChI=1S/C21H15N3O3/c25-20(26)15-11-12-16-14-22-24(19(16)13-15)21(27)23(17-7-3-1-4-8-17)18-9-5-2-6-10-18/h1-14H,(H,25,26). The van der Waals surface area contributed by atoms with Crippen LogP contribution in [-0.2, 0) is 0 Å². The fraction of sp³-hybridized carbons (Fsp3) is 0. The molecule has 4 rings (SSSR count). The predicted octanol–water partition coefficient (Wildman–Crippen LogP) is 4.54. The maximum Gasteiger partial charge on any atom is 0.354 e. The summed E-state index contributed by atoms with van der Waals surface area (Å²) in [6, 6.07) is 22.7. The van der Waals surface area contributed by atoms with Gasteiger partial charge in [-0.3, -0.25) is 4.90 Å². The fourth-order valence-electron chi connectivity index (χ4n) is 2.92. The second-order valence-electron chi connectivity index (χ2n) is 5.92. The van der Waals surface area contributed by atoms with Crippen LogP contribution in [0.3, 0.4) is 0 Å². The van der Waals surface area contributed by atoms with Gasteiger partial charge in [0.2, 0.25) is 0 Å². The van der Waals surface area contributed by atoms with Crippen LogP contribution in [0.15, 0.2) is 85.1 Å². The van der Waals surface area contributed by atoms with E-state index in [9.17, 15) is 14.7 Å². The number of nitrogens with zero attached hydrogens (tertiary/aromatic N) is 3. The van der Waals surface area contributed by atoms with Crippen LogP contribution in [0, 0.1) is 0 Å². The van der Waals surface area contributed by atoms with Crippen LogP contribution in [0.1, 0.15) is 10.4 Å². The summed E-state index contributed by atoms with van der Waals surface area (Å²) >= 11 is 0. The first-order valence-corrected chi connectivity index (χ1v) is 8.31. The summed E-state index contributed by atoms with van der Waals surface area (Å²) in [5.74, 6) is -1.06. The Balaban J connectivity index is 1.86. The molecule has 0 fully saturated rings. The summed E-state index contributed by atoms with van der Waals surface area (Å²) in [7, 11) is 0. The number of carboxylic acid groups (broad SMARTS) is 1. The number of fused-ring (bicyclic) bond motifs is 1. The first-order chi connectivity index (χ1) is 13.1. The second kappa shape index (κ2) is 6.76. The molecule has 1 heterocycles. The minimum Gasteiger partial charge on any atom is -0.478 e. The van der Waals surface area contributed by atoms with E-state index in [2.05, 4.69) is 5.10 Å². The van der Waals surface area contributed by atoms with Crippen molar-refractivity contribution in [2.45, 2.75) is 0 Å². The van der Waals surface area contributed by atoms with Gasteiger partial charge in [0.05, 0.1) is 28.7 Å². The van der Waals surface area contributed by atoms with Gasteiger partial charge in [-0.25, -0.2) is 9.59 Å². The van der Waals surface area contributed by atoms with Crippen LogP contribution in [0.2, 0.25) is 0 Å². The largest absolute Gasteiger partial charge is 0.478 e. The zero-order chi connectivity index (χ0) is 18.8. The SMILES string of the molecule is O=C(O)c1ccc2cnn(C(=O)N(c3ccccc3)c3ccccc3)c2c1. The molecule has 1 aromatic heterocycles. The molecule has 27 heavy (non-hydrogen) atoms. The van der Waals surface area contributed by atoms with Gasteiger partial charge in [0, 0.05) is 5.39 Å². The maximum atomic E-state index is 13.4. The molecule has 0 bridgehead atoms. The summed E-state index contributed by atoms with van der Waals surface area (Å²) in [5, 5.41) is 14.1. The molecular weight excluding hydrogens is 342 g/mol. The lowest BCUT2D eigenvalue weighted by Gasteiger charge is -2.22. The highest BCUT2D eigenvalue weighted by molar-refractivity contribution is 6.05. The highest BCUT2D eigenvalue weighted by Gasteiger charge is 2.22. The molecule has 6 nitrogen and oxygen atoms in total. The molecule has 0 aliphatic heterocycles. The van der Waals surface area contributed by atoms with E-state index in [0.717, 1.165) is 0 Å². The second-order valence-corrected chi connectivity index (χ2v) is 5.92. The van der Waals surface area contributed by atoms with Crippen molar-refractivity contribution in [3.05, 3.63) is 90.6 Å². The Bertz CT molecular complexity index is 1080. The molecule has 0 saturated carbocycles. The third-order valence-corrected chi connectivity index (χ3v) is 4.22. The third-order valence-electron chi connectivity index (χ3n) is 4.22. The van der Waals surface area contributed by atoms with Crippen molar-refractivity contribution in [1.29, 1.82) is 0 Å². The molecule has 0 aliphatic rings. The molecule has 1 N–H and O–H groups in total. The van der Waals surface area contributed by atoms with Crippen LogP contribution >= 0.6 is 0 Å². The van der Waals surface area contributed by atoms with E-state index in [-0.39, 0.29) is 5.56 Å². The fourth-order valence-corrected chi connectivity index (χ4v) is 2.92. The average molecular weight is 357 g/mol. The van der Waals surface area contributed by atoms with Gasteiger partial charge in [0.1, 0.15) is 0 Å². The van der Waals surface area contributed by atoms with E-state index in [1.54, 1.807) is 17.2 Å². The van der Waals surface area contributed by atoms with E-state index in [4.69, 9.17) is 0 Å². The third kappa shape index (κ3) is 3.04. The minimum atomic E-state index is -1.06. The maximum absolute atomic E-state index is 13.4. The number of hydrogen-bond donors (Lipinski definition) is 1. The van der Waals surface area contributed by atoms with Crippen LogP contribution in [0.25, 0.3) is 10.9 Å². The number of para-hydroxylation sites is 2. The zero-order valence-electron chi connectivity index (χ0n) is 14.2. The number of anilines is 2. The molecule has 1 amide bonds. The van der Waals surface area contributed by atoms with E-state index < -0.39 is 12.0 Å². The smallest absolute Gasteiger partial charge is 0.354 e. The number of hydrogen-bond acceptors (Lipinski definition) is 3. The number of amides is 1. The molecule has 0 aliphatic carbocycles. The molecule has 0 spiro atoms. The molecule has 4 aromatic rings. The summed E-state index contributed by atoms with van der Waals surface area (Å²) in [6.07, 6.45) is 1.55. The van der Waals surface area contributed by atoms with Gasteiger partial charge in [0.15, 0.2) is 0 Å². The highest BCUT2D eigenvalue weighted by atomic mass is 16.4. The zero-order valence-corrected chi connectivity index (χ0v) is 14.2. The van der Waals surface area contributed by atoms with E-state index in [1.807, 2.05) is 60.7 Å². The van der Waals surface area contributed by atoms with Crippen LogP contribution < -0.4 is 4.90 Å². The van der Waals surface area contributed by atoms with Gasteiger partial charge in [0.25, 0.3) is 0 Å². The van der Waals surface area contributed by atoms with Crippen molar-refractivity contribution in [1.82, 2.24) is 9.78 Å². The number of aromatic nitrogens is 2. The molecule has 0 atom stereocenters. The van der Waals surface area contributed by atoms with Crippen molar-refractivity contribution in [2.75, 3.05) is 4.90 Å². The molecule has 6 heteroatoms. The van der Waals surface area contributed by atoms with Gasteiger partial charge in [-0.15, -0.1) is 0 Å². The Morgan fingerprint density at radius 1 is 0.852 bits per heavy atom. The van der Waals surface area contributed by atoms with Gasteiger partial charge >= 0.3 is 12.0 Å². The monoisotopic (exact) mass is 357 g/mol. The molecule has 0 saturated heterocycles. The van der Waals surface area contributed by atoms with Crippen molar-refractivity contribution in [3.63, 3.8) is 0 Å². The lowest BCUT2D eigenvalue weighted by molar-refractivity contribution is 0.0697. The number of aromatic carboxylic acids is 1. The number of rotatable bonds is 3. The first-order valence-electron chi connectivity index (χ1n) is 8.31. The highest BCUT2D eigenvalue weighted by Crippen LogP contribution is 2.27. The van der Waals surface area contributed by atoms with Crippen molar-refractivity contribution >= 4 is 34.3 Å². The van der Waals surface area contributed by atoms with Gasteiger partial charge in [-0.1, -0.05) is 42.5 Å². The molecule has 0 unspecified atom stereocenters. The molecular formula is C21H15N3O3. The number of carboxylic acids is 1. The molecule has 132 valence electrons. The average Bonchev–Trinajstić information content (AvgIpc) is 3.13. The van der Waals surface area contributed by atoms with Crippen molar-refractivity contribution in [2.24, 2.45) is 0 Å². The summed E-state index contributed by atoms with van der Waals surface area (Å²) in [5.41, 5.74) is 1.92. The minimum absolute atomic E-state index is 0.100. The van der Waals surface area contributed by atoms with Crippen molar-refractivity contribution < 1.29 is 14.7 Å². The lowest BCUT2D eigenvalue weighted by atomic mass is 10.2. The Morgan fingerprint density at radius 3 is 2.00 bits per heavy atom. The number of benzene rings is 3. The van der Waals surface area contributed by atoms with Crippen LogP contribution in [0.4, 0.5) is 16.2 Å². The van der Waals surface area contributed by atoms with E-state index in [1.165, 1.54) is 16.8 Å². The van der Waals surface area contributed by atoms with E-state index in [0.29, 0.717) is 22.3 Å². The summed E-state index contributed by atoms with van der Waals surface area (Å²) in [6.45, 7) is 0. The Morgan fingerprint density at radius 2 is 1.44 bits per heavy atom. The number of carbonyl (C=O) groups is 2.